The molecule has 0 spiro atoms. The van der Waals surface area contributed by atoms with Crippen LogP contribution in [0.3, 0.4) is 0 Å². The summed E-state index contributed by atoms with van der Waals surface area (Å²) in [5.41, 5.74) is 1.81. The molecule has 18 heavy (non-hydrogen) atoms. The Hall–Kier alpha value is -0.880. The van der Waals surface area contributed by atoms with Crippen LogP contribution in [0.5, 0.6) is 5.75 Å². The second kappa shape index (κ2) is 5.40. The van der Waals surface area contributed by atoms with Gasteiger partial charge in [-0.3, -0.25) is 4.68 Å². The zero-order valence-corrected chi connectivity index (χ0v) is 13.0. The Kier molecular flexibility index (Phi) is 4.07. The molecule has 6 heteroatoms. The molecule has 0 unspecified atom stereocenters. The van der Waals surface area contributed by atoms with Gasteiger partial charge in [0.1, 0.15) is 18.2 Å². The van der Waals surface area contributed by atoms with Crippen molar-refractivity contribution in [2.24, 2.45) is 7.05 Å². The van der Waals surface area contributed by atoms with Crippen LogP contribution in [0.25, 0.3) is 0 Å². The maximum atomic E-state index is 13.3. The highest BCUT2D eigenvalue weighted by molar-refractivity contribution is 9.10. The average molecular weight is 378 g/mol. The number of rotatable bonds is 3. The van der Waals surface area contributed by atoms with E-state index in [4.69, 9.17) is 4.74 Å². The van der Waals surface area contributed by atoms with Gasteiger partial charge in [0.25, 0.3) is 0 Å². The average Bonchev–Trinajstić information content (AvgIpc) is 2.56. The normalized spacial score (nSPS) is 10.7. The van der Waals surface area contributed by atoms with Gasteiger partial charge in [-0.1, -0.05) is 0 Å². The third kappa shape index (κ3) is 2.75. The fourth-order valence-electron chi connectivity index (χ4n) is 1.56. The standard InChI is InChI=1S/C12H11Br2FN2O/c1-7-12(14)11(17(2)16-7)6-18-8-3-4-9(13)10(15)5-8/h3-5H,6H2,1-2H3. The third-order valence-corrected chi connectivity index (χ3v) is 4.20. The van der Waals surface area contributed by atoms with E-state index in [1.54, 1.807) is 16.8 Å². The lowest BCUT2D eigenvalue weighted by Crippen LogP contribution is -2.03. The van der Waals surface area contributed by atoms with Crippen molar-refractivity contribution in [3.05, 3.63) is 44.3 Å². The van der Waals surface area contributed by atoms with E-state index < -0.39 is 0 Å². The van der Waals surface area contributed by atoms with E-state index in [1.807, 2.05) is 14.0 Å². The van der Waals surface area contributed by atoms with Crippen LogP contribution in [0.15, 0.2) is 27.1 Å². The topological polar surface area (TPSA) is 27.1 Å². The van der Waals surface area contributed by atoms with E-state index in [-0.39, 0.29) is 5.82 Å². The van der Waals surface area contributed by atoms with Gasteiger partial charge >= 0.3 is 0 Å². The molecular weight excluding hydrogens is 367 g/mol. The lowest BCUT2D eigenvalue weighted by Gasteiger charge is -2.07. The summed E-state index contributed by atoms with van der Waals surface area (Å²) in [4.78, 5) is 0. The Labute approximate surface area is 121 Å². The first-order valence-corrected chi connectivity index (χ1v) is 6.83. The van der Waals surface area contributed by atoms with Crippen LogP contribution < -0.4 is 4.74 Å². The third-order valence-electron chi connectivity index (χ3n) is 2.53. The Balaban J connectivity index is 2.14. The van der Waals surface area contributed by atoms with Gasteiger partial charge in [-0.15, -0.1) is 0 Å². The zero-order chi connectivity index (χ0) is 13.3. The van der Waals surface area contributed by atoms with Crippen LogP contribution in [0.4, 0.5) is 4.39 Å². The summed E-state index contributed by atoms with van der Waals surface area (Å²) >= 11 is 6.56. The molecule has 0 amide bonds. The number of nitrogens with zero attached hydrogens (tertiary/aromatic N) is 2. The van der Waals surface area contributed by atoms with Crippen LogP contribution >= 0.6 is 31.9 Å². The van der Waals surface area contributed by atoms with Crippen LogP contribution in [0.2, 0.25) is 0 Å². The summed E-state index contributed by atoms with van der Waals surface area (Å²) in [6.07, 6.45) is 0. The van der Waals surface area contributed by atoms with Gasteiger partial charge in [-0.05, 0) is 50.9 Å². The van der Waals surface area contributed by atoms with Gasteiger partial charge in [0.2, 0.25) is 0 Å². The number of halogens is 3. The van der Waals surface area contributed by atoms with Crippen molar-refractivity contribution in [2.45, 2.75) is 13.5 Å². The molecule has 0 fully saturated rings. The van der Waals surface area contributed by atoms with Gasteiger partial charge in [0, 0.05) is 13.1 Å². The maximum absolute atomic E-state index is 13.3. The Morgan fingerprint density at radius 2 is 2.11 bits per heavy atom. The summed E-state index contributed by atoms with van der Waals surface area (Å²) in [6, 6.07) is 4.68. The molecule has 0 saturated heterocycles. The summed E-state index contributed by atoms with van der Waals surface area (Å²) in [7, 11) is 1.85. The Morgan fingerprint density at radius 1 is 1.39 bits per heavy atom. The molecule has 0 bridgehead atoms. The molecule has 1 aromatic heterocycles. The van der Waals surface area contributed by atoms with Crippen LogP contribution in [0.1, 0.15) is 11.4 Å². The molecule has 2 aromatic rings. The number of benzene rings is 1. The fraction of sp³-hybridized carbons (Fsp3) is 0.250. The van der Waals surface area contributed by atoms with E-state index in [1.165, 1.54) is 6.07 Å². The highest BCUT2D eigenvalue weighted by Gasteiger charge is 2.11. The van der Waals surface area contributed by atoms with Crippen molar-refractivity contribution in [3.8, 4) is 5.75 Å². The highest BCUT2D eigenvalue weighted by atomic mass is 79.9. The largest absolute Gasteiger partial charge is 0.487 e. The summed E-state index contributed by atoms with van der Waals surface area (Å²) in [5.74, 6) is 0.147. The quantitative estimate of drug-likeness (QED) is 0.809. The molecular formula is C12H11Br2FN2O. The van der Waals surface area contributed by atoms with Gasteiger partial charge < -0.3 is 4.74 Å². The lowest BCUT2D eigenvalue weighted by atomic mass is 10.3. The SMILES string of the molecule is Cc1nn(C)c(COc2ccc(Br)c(F)c2)c1Br. The van der Waals surface area contributed by atoms with E-state index in [2.05, 4.69) is 37.0 Å². The van der Waals surface area contributed by atoms with Crippen LogP contribution in [-0.2, 0) is 13.7 Å². The molecule has 0 radical (unpaired) electrons. The minimum atomic E-state index is -0.340. The fourth-order valence-corrected chi connectivity index (χ4v) is 2.25. The lowest BCUT2D eigenvalue weighted by molar-refractivity contribution is 0.292. The monoisotopic (exact) mass is 376 g/mol. The van der Waals surface area contributed by atoms with Crippen molar-refractivity contribution < 1.29 is 9.13 Å². The Morgan fingerprint density at radius 3 is 2.67 bits per heavy atom. The molecule has 3 nitrogen and oxygen atoms in total. The highest BCUT2D eigenvalue weighted by Crippen LogP contribution is 2.24. The predicted octanol–water partition coefficient (Wildman–Crippen LogP) is 3.97. The first-order chi connectivity index (χ1) is 8.49. The van der Waals surface area contributed by atoms with Crippen LogP contribution in [0, 0.1) is 12.7 Å². The molecule has 1 heterocycles. The van der Waals surface area contributed by atoms with E-state index >= 15 is 0 Å². The molecule has 0 N–H and O–H groups in total. The number of ether oxygens (including phenoxy) is 1. The molecule has 0 saturated carbocycles. The number of aromatic nitrogens is 2. The number of hydrogen-bond donors (Lipinski definition) is 0. The summed E-state index contributed by atoms with van der Waals surface area (Å²) in [6.45, 7) is 2.24. The van der Waals surface area contributed by atoms with Gasteiger partial charge in [-0.2, -0.15) is 5.10 Å². The van der Waals surface area contributed by atoms with Crippen molar-refractivity contribution in [1.29, 1.82) is 0 Å². The van der Waals surface area contributed by atoms with Crippen LogP contribution in [-0.4, -0.2) is 9.78 Å². The van der Waals surface area contributed by atoms with E-state index in [0.29, 0.717) is 16.8 Å². The predicted molar refractivity (Wildman–Crippen MR) is 74.1 cm³/mol. The number of aryl methyl sites for hydroxylation is 2. The first kappa shape index (κ1) is 13.5. The van der Waals surface area contributed by atoms with Gasteiger partial charge in [0.15, 0.2) is 0 Å². The van der Waals surface area contributed by atoms with E-state index in [9.17, 15) is 4.39 Å². The molecule has 2 rings (SSSR count). The number of hydrogen-bond acceptors (Lipinski definition) is 2. The van der Waals surface area contributed by atoms with Crippen molar-refractivity contribution in [2.75, 3.05) is 0 Å². The minimum Gasteiger partial charge on any atom is -0.487 e. The van der Waals surface area contributed by atoms with Crippen molar-refractivity contribution in [3.63, 3.8) is 0 Å². The molecule has 1 aromatic carbocycles. The molecule has 0 aliphatic heterocycles. The maximum Gasteiger partial charge on any atom is 0.141 e. The van der Waals surface area contributed by atoms with Crippen molar-refractivity contribution in [1.82, 2.24) is 9.78 Å². The van der Waals surface area contributed by atoms with Gasteiger partial charge in [-0.25, -0.2) is 4.39 Å². The minimum absolute atomic E-state index is 0.332. The van der Waals surface area contributed by atoms with E-state index in [0.717, 1.165) is 15.9 Å². The second-order valence-corrected chi connectivity index (χ2v) is 5.48. The smallest absolute Gasteiger partial charge is 0.141 e. The summed E-state index contributed by atoms with van der Waals surface area (Å²) < 4.78 is 22.0. The zero-order valence-electron chi connectivity index (χ0n) is 9.88. The molecule has 96 valence electrons. The second-order valence-electron chi connectivity index (χ2n) is 3.83. The van der Waals surface area contributed by atoms with Crippen molar-refractivity contribution >= 4 is 31.9 Å². The summed E-state index contributed by atoms with van der Waals surface area (Å²) in [5, 5.41) is 4.26. The molecule has 0 aliphatic carbocycles. The molecule has 0 aliphatic rings. The Bertz CT molecular complexity index is 584. The molecule has 0 atom stereocenters. The van der Waals surface area contributed by atoms with Gasteiger partial charge in [0.05, 0.1) is 20.3 Å². The first-order valence-electron chi connectivity index (χ1n) is 5.25.